The Bertz CT molecular complexity index is 929. The molecule has 0 aliphatic heterocycles. The fraction of sp³-hybridized carbons (Fsp3) is 0.0625. The second-order valence-corrected chi connectivity index (χ2v) is 4.60. The van der Waals surface area contributed by atoms with Crippen molar-refractivity contribution >= 4 is 16.9 Å². The summed E-state index contributed by atoms with van der Waals surface area (Å²) in [4.78, 5) is 27.4. The maximum atomic E-state index is 12.0. The van der Waals surface area contributed by atoms with Crippen molar-refractivity contribution in [3.63, 3.8) is 0 Å². The van der Waals surface area contributed by atoms with E-state index in [0.717, 1.165) is 0 Å². The first-order valence-corrected chi connectivity index (χ1v) is 6.46. The van der Waals surface area contributed by atoms with Gasteiger partial charge in [0.1, 0.15) is 11.5 Å². The number of nitrogens with zero attached hydrogens (tertiary/aromatic N) is 1. The molecule has 0 bridgehead atoms. The quantitative estimate of drug-likeness (QED) is 0.577. The Morgan fingerprint density at radius 2 is 2.00 bits per heavy atom. The number of esters is 1. The molecule has 3 aromatic rings. The first kappa shape index (κ1) is 13.8. The van der Waals surface area contributed by atoms with Crippen molar-refractivity contribution in [3.05, 3.63) is 52.9 Å². The zero-order valence-electron chi connectivity index (χ0n) is 11.6. The van der Waals surface area contributed by atoms with Crippen LogP contribution >= 0.6 is 0 Å². The van der Waals surface area contributed by atoms with Crippen LogP contribution in [0.2, 0.25) is 0 Å². The molecule has 6 heteroatoms. The van der Waals surface area contributed by atoms with Gasteiger partial charge in [0.05, 0.1) is 16.5 Å². The average molecular weight is 297 g/mol. The summed E-state index contributed by atoms with van der Waals surface area (Å²) in [6.07, 6.45) is 0. The van der Waals surface area contributed by atoms with Gasteiger partial charge in [0.25, 0.3) is 0 Å². The van der Waals surface area contributed by atoms with Crippen LogP contribution in [0.4, 0.5) is 0 Å². The number of rotatable bonds is 2. The molecule has 1 N–H and O–H groups in total. The topological polar surface area (TPSA) is 89.6 Å². The zero-order valence-corrected chi connectivity index (χ0v) is 11.6. The third-order valence-corrected chi connectivity index (χ3v) is 2.98. The third kappa shape index (κ3) is 2.54. The summed E-state index contributed by atoms with van der Waals surface area (Å²) in [6.45, 7) is 1.28. The molecule has 0 atom stereocenters. The van der Waals surface area contributed by atoms with Crippen molar-refractivity contribution in [1.29, 1.82) is 0 Å². The maximum absolute atomic E-state index is 12.0. The fourth-order valence-electron chi connectivity index (χ4n) is 2.06. The van der Waals surface area contributed by atoms with E-state index in [1.165, 1.54) is 25.1 Å². The molecule has 3 rings (SSSR count). The number of hydrogen-bond donors (Lipinski definition) is 1. The van der Waals surface area contributed by atoms with Crippen LogP contribution in [-0.2, 0) is 4.79 Å². The summed E-state index contributed by atoms with van der Waals surface area (Å²) in [6, 6.07) is 10.9. The summed E-state index contributed by atoms with van der Waals surface area (Å²) in [5, 5.41) is 9.59. The van der Waals surface area contributed by atoms with Gasteiger partial charge >= 0.3 is 11.6 Å². The van der Waals surface area contributed by atoms with Crippen LogP contribution in [0.15, 0.2) is 51.7 Å². The van der Waals surface area contributed by atoms with E-state index in [4.69, 9.17) is 9.15 Å². The molecule has 0 aliphatic carbocycles. The summed E-state index contributed by atoms with van der Waals surface area (Å²) >= 11 is 0. The first-order chi connectivity index (χ1) is 10.5. The Morgan fingerprint density at radius 3 is 2.77 bits per heavy atom. The Morgan fingerprint density at radius 1 is 1.23 bits per heavy atom. The number of ether oxygens (including phenoxy) is 1. The van der Waals surface area contributed by atoms with Gasteiger partial charge < -0.3 is 14.3 Å². The highest BCUT2D eigenvalue weighted by Gasteiger charge is 2.14. The van der Waals surface area contributed by atoms with E-state index in [-0.39, 0.29) is 22.8 Å². The van der Waals surface area contributed by atoms with Crippen molar-refractivity contribution < 1.29 is 19.1 Å². The van der Waals surface area contributed by atoms with E-state index >= 15 is 0 Å². The van der Waals surface area contributed by atoms with Crippen LogP contribution in [0.1, 0.15) is 6.92 Å². The molecule has 1 aromatic heterocycles. The molecule has 22 heavy (non-hydrogen) atoms. The van der Waals surface area contributed by atoms with Crippen molar-refractivity contribution in [3.8, 4) is 23.0 Å². The minimum atomic E-state index is -0.631. The Kier molecular flexibility index (Phi) is 3.34. The standard InChI is InChI=1S/C16H11NO5/c1-9(18)21-14-5-3-2-4-11(14)15-17-13-7-6-10(19)8-12(13)16(20)22-15/h2-8,19H,1H3. The Labute approximate surface area is 124 Å². The molecule has 0 saturated heterocycles. The number of carbonyl (C=O) groups excluding carboxylic acids is 1. The van der Waals surface area contributed by atoms with Gasteiger partial charge in [-0.15, -0.1) is 0 Å². The van der Waals surface area contributed by atoms with Gasteiger partial charge in [-0.2, -0.15) is 0 Å². The van der Waals surface area contributed by atoms with Crippen LogP contribution in [0.5, 0.6) is 11.5 Å². The van der Waals surface area contributed by atoms with Crippen molar-refractivity contribution in [2.75, 3.05) is 0 Å². The molecule has 0 aliphatic rings. The zero-order chi connectivity index (χ0) is 15.7. The Balaban J connectivity index is 2.21. The molecule has 0 amide bonds. The minimum absolute atomic E-state index is 0.0417. The van der Waals surface area contributed by atoms with Gasteiger partial charge in [-0.25, -0.2) is 9.78 Å². The third-order valence-electron chi connectivity index (χ3n) is 2.98. The van der Waals surface area contributed by atoms with Crippen LogP contribution < -0.4 is 10.4 Å². The molecule has 6 nitrogen and oxygen atoms in total. The lowest BCUT2D eigenvalue weighted by atomic mass is 10.2. The SMILES string of the molecule is CC(=O)Oc1ccccc1-c1nc2ccc(O)cc2c(=O)o1. The second-order valence-electron chi connectivity index (χ2n) is 4.60. The van der Waals surface area contributed by atoms with Crippen LogP contribution in [-0.4, -0.2) is 16.1 Å². The van der Waals surface area contributed by atoms with Gasteiger partial charge in [-0.3, -0.25) is 4.79 Å². The molecule has 1 heterocycles. The van der Waals surface area contributed by atoms with E-state index in [9.17, 15) is 14.7 Å². The maximum Gasteiger partial charge on any atom is 0.347 e. The minimum Gasteiger partial charge on any atom is -0.508 e. The molecule has 110 valence electrons. The van der Waals surface area contributed by atoms with Gasteiger partial charge in [-0.05, 0) is 30.3 Å². The highest BCUT2D eigenvalue weighted by Crippen LogP contribution is 2.29. The smallest absolute Gasteiger partial charge is 0.347 e. The summed E-state index contributed by atoms with van der Waals surface area (Å²) in [5.74, 6) is -0.237. The number of phenolic OH excluding ortho intramolecular Hbond substituents is 1. The van der Waals surface area contributed by atoms with Crippen LogP contribution in [0, 0.1) is 0 Å². The number of aromatic hydroxyl groups is 1. The van der Waals surface area contributed by atoms with Gasteiger partial charge in [-0.1, -0.05) is 12.1 Å². The highest BCUT2D eigenvalue weighted by molar-refractivity contribution is 5.81. The molecule has 0 fully saturated rings. The number of benzene rings is 2. The normalized spacial score (nSPS) is 10.6. The molecule has 0 saturated carbocycles. The Hall–Kier alpha value is -3.15. The summed E-state index contributed by atoms with van der Waals surface area (Å²) < 4.78 is 10.3. The molecular weight excluding hydrogens is 286 g/mol. The lowest BCUT2D eigenvalue weighted by molar-refractivity contribution is -0.131. The fourth-order valence-corrected chi connectivity index (χ4v) is 2.06. The lowest BCUT2D eigenvalue weighted by Crippen LogP contribution is -2.05. The molecule has 0 radical (unpaired) electrons. The molecule has 0 unspecified atom stereocenters. The van der Waals surface area contributed by atoms with E-state index in [0.29, 0.717) is 11.1 Å². The number of fused-ring (bicyclic) bond motifs is 1. The van der Waals surface area contributed by atoms with Gasteiger partial charge in [0.15, 0.2) is 0 Å². The van der Waals surface area contributed by atoms with Crippen molar-refractivity contribution in [2.24, 2.45) is 0 Å². The van der Waals surface area contributed by atoms with E-state index < -0.39 is 11.6 Å². The molecule has 2 aromatic carbocycles. The van der Waals surface area contributed by atoms with Gasteiger partial charge in [0.2, 0.25) is 5.89 Å². The molecule has 0 spiro atoms. The molecular formula is C16H11NO5. The number of phenols is 1. The van der Waals surface area contributed by atoms with Crippen LogP contribution in [0.3, 0.4) is 0 Å². The van der Waals surface area contributed by atoms with Crippen LogP contribution in [0.25, 0.3) is 22.4 Å². The largest absolute Gasteiger partial charge is 0.508 e. The van der Waals surface area contributed by atoms with E-state index in [2.05, 4.69) is 4.98 Å². The second kappa shape index (κ2) is 5.33. The van der Waals surface area contributed by atoms with Crippen molar-refractivity contribution in [1.82, 2.24) is 4.98 Å². The summed E-state index contributed by atoms with van der Waals surface area (Å²) in [5.41, 5.74) is 0.139. The number of hydrogen-bond acceptors (Lipinski definition) is 6. The van der Waals surface area contributed by atoms with Gasteiger partial charge in [0, 0.05) is 6.92 Å². The average Bonchev–Trinajstić information content (AvgIpc) is 2.48. The number of aromatic nitrogens is 1. The predicted molar refractivity (Wildman–Crippen MR) is 78.7 cm³/mol. The lowest BCUT2D eigenvalue weighted by Gasteiger charge is -2.07. The van der Waals surface area contributed by atoms with E-state index in [1.807, 2.05) is 0 Å². The highest BCUT2D eigenvalue weighted by atomic mass is 16.5. The first-order valence-electron chi connectivity index (χ1n) is 6.46. The predicted octanol–water partition coefficient (Wildman–Crippen LogP) is 2.49. The number of para-hydroxylation sites is 1. The monoisotopic (exact) mass is 297 g/mol. The number of carbonyl (C=O) groups is 1. The summed E-state index contributed by atoms with van der Waals surface area (Å²) in [7, 11) is 0. The van der Waals surface area contributed by atoms with E-state index in [1.54, 1.807) is 24.3 Å². The van der Waals surface area contributed by atoms with Crippen molar-refractivity contribution in [2.45, 2.75) is 6.92 Å².